The molecule has 2 aromatic carbocycles. The molecule has 0 bridgehead atoms. The number of carbonyl (C=O) groups is 2. The van der Waals surface area contributed by atoms with Crippen LogP contribution in [0.4, 0.5) is 17.1 Å². The Morgan fingerprint density at radius 2 is 1.55 bits per heavy atom. The van der Waals surface area contributed by atoms with Crippen molar-refractivity contribution in [2.24, 2.45) is 0 Å². The average Bonchev–Trinajstić information content (AvgIpc) is 2.68. The van der Waals surface area contributed by atoms with Crippen LogP contribution in [0.15, 0.2) is 60.9 Å². The number of esters is 1. The van der Waals surface area contributed by atoms with Gasteiger partial charge < -0.3 is 15.4 Å². The van der Waals surface area contributed by atoms with E-state index in [0.29, 0.717) is 23.4 Å². The van der Waals surface area contributed by atoms with Crippen molar-refractivity contribution in [3.63, 3.8) is 0 Å². The first-order chi connectivity index (χ1) is 13.9. The van der Waals surface area contributed by atoms with Crippen molar-refractivity contribution in [1.82, 2.24) is 4.98 Å². The maximum Gasteiger partial charge on any atom is 0.338 e. The number of amides is 1. The van der Waals surface area contributed by atoms with Gasteiger partial charge >= 0.3 is 5.97 Å². The highest BCUT2D eigenvalue weighted by atomic mass is 16.5. The fourth-order valence-corrected chi connectivity index (χ4v) is 2.95. The zero-order valence-electron chi connectivity index (χ0n) is 16.7. The van der Waals surface area contributed by atoms with Gasteiger partial charge in [-0.25, -0.2) is 4.79 Å². The van der Waals surface area contributed by atoms with Crippen LogP contribution >= 0.6 is 0 Å². The Morgan fingerprint density at radius 1 is 0.862 bits per heavy atom. The van der Waals surface area contributed by atoms with Gasteiger partial charge in [-0.1, -0.05) is 6.07 Å². The molecule has 1 amide bonds. The summed E-state index contributed by atoms with van der Waals surface area (Å²) in [7, 11) is 0. The van der Waals surface area contributed by atoms with Crippen molar-refractivity contribution in [2.75, 3.05) is 17.2 Å². The number of hydrogen-bond donors (Lipinski definition) is 2. The quantitative estimate of drug-likeness (QED) is 0.588. The van der Waals surface area contributed by atoms with Crippen molar-refractivity contribution in [2.45, 2.75) is 20.8 Å². The predicted octanol–water partition coefficient (Wildman–Crippen LogP) is 4.87. The Labute approximate surface area is 169 Å². The molecule has 6 nitrogen and oxygen atoms in total. The molecule has 0 saturated carbocycles. The van der Waals surface area contributed by atoms with Crippen LogP contribution in [0.2, 0.25) is 0 Å². The number of anilines is 3. The summed E-state index contributed by atoms with van der Waals surface area (Å²) in [6.45, 7) is 6.08. The summed E-state index contributed by atoms with van der Waals surface area (Å²) in [6.07, 6.45) is 3.15. The van der Waals surface area contributed by atoms with Crippen molar-refractivity contribution in [1.29, 1.82) is 0 Å². The van der Waals surface area contributed by atoms with Gasteiger partial charge in [0.2, 0.25) is 0 Å². The second-order valence-corrected chi connectivity index (χ2v) is 6.72. The zero-order chi connectivity index (χ0) is 20.8. The van der Waals surface area contributed by atoms with Gasteiger partial charge in [-0.05, 0) is 74.4 Å². The number of nitrogens with one attached hydrogen (secondary N) is 2. The van der Waals surface area contributed by atoms with Gasteiger partial charge in [0.15, 0.2) is 0 Å². The van der Waals surface area contributed by atoms with Crippen molar-refractivity contribution in [3.05, 3.63) is 83.2 Å². The summed E-state index contributed by atoms with van der Waals surface area (Å²) in [5, 5.41) is 6.09. The van der Waals surface area contributed by atoms with Crippen LogP contribution in [-0.2, 0) is 4.74 Å². The van der Waals surface area contributed by atoms with Gasteiger partial charge in [0.05, 0.1) is 29.6 Å². The molecule has 0 spiro atoms. The minimum absolute atomic E-state index is 0.233. The third-order valence-electron chi connectivity index (χ3n) is 4.16. The average molecular weight is 389 g/mol. The van der Waals surface area contributed by atoms with Crippen LogP contribution in [0.25, 0.3) is 0 Å². The first-order valence-corrected chi connectivity index (χ1v) is 9.33. The van der Waals surface area contributed by atoms with E-state index in [1.807, 2.05) is 26.0 Å². The molecule has 0 atom stereocenters. The van der Waals surface area contributed by atoms with Gasteiger partial charge in [-0.15, -0.1) is 0 Å². The minimum atomic E-state index is -0.356. The number of pyridine rings is 1. The summed E-state index contributed by atoms with van der Waals surface area (Å²) in [4.78, 5) is 28.5. The Morgan fingerprint density at radius 3 is 2.21 bits per heavy atom. The van der Waals surface area contributed by atoms with E-state index < -0.39 is 0 Å². The molecule has 2 N–H and O–H groups in total. The molecule has 0 fully saturated rings. The molecule has 0 aliphatic rings. The first-order valence-electron chi connectivity index (χ1n) is 9.33. The molecule has 0 radical (unpaired) electrons. The Kier molecular flexibility index (Phi) is 6.24. The number of aryl methyl sites for hydroxylation is 2. The van der Waals surface area contributed by atoms with E-state index in [9.17, 15) is 9.59 Å². The molecule has 0 aliphatic carbocycles. The Hall–Kier alpha value is -3.67. The number of benzene rings is 2. The van der Waals surface area contributed by atoms with Crippen LogP contribution in [0.3, 0.4) is 0 Å². The third kappa shape index (κ3) is 5.42. The highest BCUT2D eigenvalue weighted by molar-refractivity contribution is 6.04. The molecule has 1 aromatic heterocycles. The summed E-state index contributed by atoms with van der Waals surface area (Å²) in [5.41, 5.74) is 5.28. The van der Waals surface area contributed by atoms with E-state index in [0.717, 1.165) is 22.5 Å². The van der Waals surface area contributed by atoms with Crippen LogP contribution in [0, 0.1) is 13.8 Å². The number of ether oxygens (including phenoxy) is 1. The molecular formula is C23H23N3O3. The number of carbonyl (C=O) groups excluding carboxylic acids is 2. The summed E-state index contributed by atoms with van der Waals surface area (Å²) >= 11 is 0. The number of nitrogens with zero attached hydrogens (tertiary/aromatic N) is 1. The SMILES string of the molecule is CCOC(=O)c1ccc(Nc2cncc(C(=O)Nc3cc(C)cc(C)c3)c2)cc1. The summed E-state index contributed by atoms with van der Waals surface area (Å²) in [5.74, 6) is -0.588. The smallest absolute Gasteiger partial charge is 0.338 e. The van der Waals surface area contributed by atoms with E-state index in [1.54, 1.807) is 43.5 Å². The maximum absolute atomic E-state index is 12.6. The molecule has 0 unspecified atom stereocenters. The second-order valence-electron chi connectivity index (χ2n) is 6.72. The fourth-order valence-electron chi connectivity index (χ4n) is 2.95. The van der Waals surface area contributed by atoms with Gasteiger partial charge in [0.1, 0.15) is 0 Å². The Bertz CT molecular complexity index is 1010. The lowest BCUT2D eigenvalue weighted by Crippen LogP contribution is -2.12. The van der Waals surface area contributed by atoms with Crippen LogP contribution in [0.5, 0.6) is 0 Å². The molecule has 0 aliphatic heterocycles. The molecule has 3 rings (SSSR count). The second kappa shape index (κ2) is 9.01. The third-order valence-corrected chi connectivity index (χ3v) is 4.16. The predicted molar refractivity (Wildman–Crippen MR) is 114 cm³/mol. The molecule has 0 saturated heterocycles. The van der Waals surface area contributed by atoms with E-state index in [1.165, 1.54) is 6.20 Å². The highest BCUT2D eigenvalue weighted by Gasteiger charge is 2.09. The van der Waals surface area contributed by atoms with Crippen molar-refractivity contribution < 1.29 is 14.3 Å². The first kappa shape index (κ1) is 20.1. The molecule has 3 aromatic rings. The summed E-state index contributed by atoms with van der Waals surface area (Å²) in [6, 6.07) is 14.5. The Balaban J connectivity index is 1.70. The largest absolute Gasteiger partial charge is 0.462 e. The van der Waals surface area contributed by atoms with Crippen molar-refractivity contribution in [3.8, 4) is 0 Å². The van der Waals surface area contributed by atoms with Crippen LogP contribution < -0.4 is 10.6 Å². The van der Waals surface area contributed by atoms with Gasteiger partial charge in [0, 0.05) is 17.6 Å². The van der Waals surface area contributed by atoms with E-state index in [2.05, 4.69) is 21.7 Å². The molecule has 148 valence electrons. The van der Waals surface area contributed by atoms with Gasteiger partial charge in [0.25, 0.3) is 5.91 Å². The minimum Gasteiger partial charge on any atom is -0.462 e. The van der Waals surface area contributed by atoms with Gasteiger partial charge in [-0.3, -0.25) is 9.78 Å². The van der Waals surface area contributed by atoms with E-state index in [-0.39, 0.29) is 11.9 Å². The van der Waals surface area contributed by atoms with Crippen molar-refractivity contribution >= 4 is 28.9 Å². The lowest BCUT2D eigenvalue weighted by molar-refractivity contribution is 0.0526. The highest BCUT2D eigenvalue weighted by Crippen LogP contribution is 2.19. The topological polar surface area (TPSA) is 80.3 Å². The molecular weight excluding hydrogens is 366 g/mol. The normalized spacial score (nSPS) is 10.3. The molecule has 29 heavy (non-hydrogen) atoms. The number of hydrogen-bond acceptors (Lipinski definition) is 5. The fraction of sp³-hybridized carbons (Fsp3) is 0.174. The summed E-state index contributed by atoms with van der Waals surface area (Å²) < 4.78 is 4.98. The van der Waals surface area contributed by atoms with Crippen LogP contribution in [0.1, 0.15) is 38.8 Å². The molecule has 6 heteroatoms. The standard InChI is InChI=1S/C23H23N3O3/c1-4-29-23(28)17-5-7-19(8-6-17)25-21-12-18(13-24-14-21)22(27)26-20-10-15(2)9-16(3)11-20/h5-14,25H,4H2,1-3H3,(H,26,27). The van der Waals surface area contributed by atoms with Gasteiger partial charge in [-0.2, -0.15) is 0 Å². The van der Waals surface area contributed by atoms with E-state index in [4.69, 9.17) is 4.74 Å². The lowest BCUT2D eigenvalue weighted by atomic mass is 10.1. The number of rotatable bonds is 6. The monoisotopic (exact) mass is 389 g/mol. The molecule has 1 heterocycles. The zero-order valence-corrected chi connectivity index (χ0v) is 16.7. The number of aromatic nitrogens is 1. The maximum atomic E-state index is 12.6. The van der Waals surface area contributed by atoms with Crippen LogP contribution in [-0.4, -0.2) is 23.5 Å². The lowest BCUT2D eigenvalue weighted by Gasteiger charge is -2.10. The van der Waals surface area contributed by atoms with E-state index >= 15 is 0 Å².